The Kier molecular flexibility index (Phi) is 5.64. The van der Waals surface area contributed by atoms with E-state index in [0.717, 1.165) is 36.9 Å². The highest BCUT2D eigenvalue weighted by Gasteiger charge is 2.28. The summed E-state index contributed by atoms with van der Waals surface area (Å²) in [7, 11) is 0. The zero-order valence-corrected chi connectivity index (χ0v) is 16.1. The van der Waals surface area contributed by atoms with Gasteiger partial charge in [-0.05, 0) is 60.7 Å². The summed E-state index contributed by atoms with van der Waals surface area (Å²) in [5, 5.41) is 5.86. The van der Waals surface area contributed by atoms with Crippen molar-refractivity contribution >= 4 is 23.5 Å². The second-order valence-electron chi connectivity index (χ2n) is 7.49. The molecule has 1 heterocycles. The predicted molar refractivity (Wildman–Crippen MR) is 108 cm³/mol. The van der Waals surface area contributed by atoms with Crippen LogP contribution in [0.2, 0.25) is 0 Å². The molecule has 4 rings (SSSR count). The second-order valence-corrected chi connectivity index (χ2v) is 7.49. The molecular formula is C22H24FN3O3. The molecular weight excluding hydrogens is 373 g/mol. The first kappa shape index (κ1) is 19.2. The fraction of sp³-hybridized carbons (Fsp3) is 0.364. The Morgan fingerprint density at radius 3 is 2.55 bits per heavy atom. The number of carbonyl (C=O) groups is 2. The summed E-state index contributed by atoms with van der Waals surface area (Å²) >= 11 is 0. The van der Waals surface area contributed by atoms with E-state index in [2.05, 4.69) is 10.6 Å². The molecule has 2 aliphatic rings. The Labute approximate surface area is 169 Å². The van der Waals surface area contributed by atoms with Crippen LogP contribution in [0, 0.1) is 11.7 Å². The van der Waals surface area contributed by atoms with Gasteiger partial charge in [-0.1, -0.05) is 25.0 Å². The molecule has 7 heteroatoms. The standard InChI is InChI=1S/C22H24FN3O3/c23-17-7-3-6-16(14-17)20(15-4-1-2-5-15)25-21(27)24-18-8-10-19(11-9-18)26-12-13-29-22(26)28/h3,6-11,14-15,20H,1-2,4-5,12-13H2,(H2,24,25,27). The zero-order valence-electron chi connectivity index (χ0n) is 16.1. The van der Waals surface area contributed by atoms with Crippen molar-refractivity contribution in [3.8, 4) is 0 Å². The van der Waals surface area contributed by atoms with Crippen LogP contribution >= 0.6 is 0 Å². The maximum Gasteiger partial charge on any atom is 0.414 e. The number of urea groups is 1. The minimum Gasteiger partial charge on any atom is -0.447 e. The van der Waals surface area contributed by atoms with E-state index in [4.69, 9.17) is 4.74 Å². The summed E-state index contributed by atoms with van der Waals surface area (Å²) in [6, 6.07) is 12.9. The van der Waals surface area contributed by atoms with Crippen LogP contribution in [0.4, 0.5) is 25.4 Å². The molecule has 2 fully saturated rings. The summed E-state index contributed by atoms with van der Waals surface area (Å²) < 4.78 is 18.7. The third kappa shape index (κ3) is 4.50. The Hall–Kier alpha value is -3.09. The van der Waals surface area contributed by atoms with Crippen molar-refractivity contribution < 1.29 is 18.7 Å². The molecule has 2 aromatic rings. The van der Waals surface area contributed by atoms with Gasteiger partial charge in [-0.25, -0.2) is 14.0 Å². The van der Waals surface area contributed by atoms with Crippen molar-refractivity contribution in [1.29, 1.82) is 0 Å². The first-order chi connectivity index (χ1) is 14.1. The molecule has 6 nitrogen and oxygen atoms in total. The number of hydrogen-bond donors (Lipinski definition) is 2. The van der Waals surface area contributed by atoms with E-state index >= 15 is 0 Å². The van der Waals surface area contributed by atoms with Gasteiger partial charge in [0.1, 0.15) is 12.4 Å². The Balaban J connectivity index is 1.43. The first-order valence-electron chi connectivity index (χ1n) is 9.97. The molecule has 2 aromatic carbocycles. The van der Waals surface area contributed by atoms with Crippen LogP contribution in [0.5, 0.6) is 0 Å². The molecule has 3 amide bonds. The number of cyclic esters (lactones) is 1. The highest BCUT2D eigenvalue weighted by Crippen LogP contribution is 2.36. The van der Waals surface area contributed by atoms with Crippen LogP contribution < -0.4 is 15.5 Å². The zero-order chi connectivity index (χ0) is 20.2. The number of benzene rings is 2. The molecule has 1 aliphatic carbocycles. The molecule has 1 saturated carbocycles. The lowest BCUT2D eigenvalue weighted by Crippen LogP contribution is -2.36. The molecule has 29 heavy (non-hydrogen) atoms. The molecule has 0 aromatic heterocycles. The van der Waals surface area contributed by atoms with Gasteiger partial charge < -0.3 is 15.4 Å². The normalized spacial score (nSPS) is 17.8. The van der Waals surface area contributed by atoms with E-state index in [9.17, 15) is 14.0 Å². The van der Waals surface area contributed by atoms with Gasteiger partial charge in [0.2, 0.25) is 0 Å². The maximum atomic E-state index is 13.7. The van der Waals surface area contributed by atoms with Gasteiger partial charge in [-0.3, -0.25) is 4.90 Å². The van der Waals surface area contributed by atoms with Gasteiger partial charge in [-0.15, -0.1) is 0 Å². The minimum atomic E-state index is -0.363. The summed E-state index contributed by atoms with van der Waals surface area (Å²) in [6.45, 7) is 0.896. The van der Waals surface area contributed by atoms with Crippen LogP contribution in [0.25, 0.3) is 0 Å². The lowest BCUT2D eigenvalue weighted by molar-refractivity contribution is 0.181. The Morgan fingerprint density at radius 2 is 1.90 bits per heavy atom. The number of hydrogen-bond acceptors (Lipinski definition) is 3. The van der Waals surface area contributed by atoms with Crippen molar-refractivity contribution in [3.05, 3.63) is 59.9 Å². The average Bonchev–Trinajstić information content (AvgIpc) is 3.39. The SMILES string of the molecule is O=C(Nc1ccc(N2CCOC2=O)cc1)NC(c1cccc(F)c1)C1CCCC1. The monoisotopic (exact) mass is 397 g/mol. The summed E-state index contributed by atoms with van der Waals surface area (Å²) in [5.74, 6) is -0.00478. The molecule has 0 radical (unpaired) electrons. The summed E-state index contributed by atoms with van der Waals surface area (Å²) in [4.78, 5) is 25.8. The molecule has 1 atom stereocenters. The smallest absolute Gasteiger partial charge is 0.414 e. The number of amides is 3. The van der Waals surface area contributed by atoms with E-state index < -0.39 is 0 Å². The van der Waals surface area contributed by atoms with Gasteiger partial charge in [0.15, 0.2) is 0 Å². The molecule has 2 N–H and O–H groups in total. The molecule has 152 valence electrons. The van der Waals surface area contributed by atoms with Crippen molar-refractivity contribution in [3.63, 3.8) is 0 Å². The number of rotatable bonds is 5. The number of anilines is 2. The van der Waals surface area contributed by atoms with Gasteiger partial charge in [-0.2, -0.15) is 0 Å². The highest BCUT2D eigenvalue weighted by molar-refractivity contribution is 5.92. The average molecular weight is 397 g/mol. The number of ether oxygens (including phenoxy) is 1. The number of halogens is 1. The number of nitrogens with one attached hydrogen (secondary N) is 2. The lowest BCUT2D eigenvalue weighted by Gasteiger charge is -2.25. The quantitative estimate of drug-likeness (QED) is 0.759. The van der Waals surface area contributed by atoms with Crippen molar-refractivity contribution in [1.82, 2.24) is 5.32 Å². The van der Waals surface area contributed by atoms with E-state index in [-0.39, 0.29) is 24.0 Å². The summed E-state index contributed by atoms with van der Waals surface area (Å²) in [6.07, 6.45) is 3.92. The van der Waals surface area contributed by atoms with Gasteiger partial charge >= 0.3 is 12.1 Å². The Morgan fingerprint density at radius 1 is 1.14 bits per heavy atom. The van der Waals surface area contributed by atoms with Crippen LogP contribution in [0.1, 0.15) is 37.3 Å². The van der Waals surface area contributed by atoms with Crippen molar-refractivity contribution in [2.75, 3.05) is 23.4 Å². The van der Waals surface area contributed by atoms with Gasteiger partial charge in [0, 0.05) is 11.4 Å². The van der Waals surface area contributed by atoms with Crippen LogP contribution in [0.3, 0.4) is 0 Å². The van der Waals surface area contributed by atoms with Crippen molar-refractivity contribution in [2.45, 2.75) is 31.7 Å². The van der Waals surface area contributed by atoms with E-state index in [1.165, 1.54) is 12.1 Å². The topological polar surface area (TPSA) is 70.7 Å². The van der Waals surface area contributed by atoms with Crippen LogP contribution in [-0.2, 0) is 4.74 Å². The first-order valence-corrected chi connectivity index (χ1v) is 9.97. The van der Waals surface area contributed by atoms with Gasteiger partial charge in [0.25, 0.3) is 0 Å². The van der Waals surface area contributed by atoms with Crippen molar-refractivity contribution in [2.24, 2.45) is 5.92 Å². The third-order valence-electron chi connectivity index (χ3n) is 5.56. The molecule has 1 saturated heterocycles. The minimum absolute atomic E-state index is 0.230. The molecule has 0 spiro atoms. The largest absolute Gasteiger partial charge is 0.447 e. The van der Waals surface area contributed by atoms with Crippen LogP contribution in [0.15, 0.2) is 48.5 Å². The van der Waals surface area contributed by atoms with E-state index in [1.54, 1.807) is 35.2 Å². The molecule has 1 unspecified atom stereocenters. The lowest BCUT2D eigenvalue weighted by atomic mass is 9.91. The van der Waals surface area contributed by atoms with E-state index in [0.29, 0.717) is 24.8 Å². The second kappa shape index (κ2) is 8.51. The Bertz CT molecular complexity index is 881. The van der Waals surface area contributed by atoms with Crippen LogP contribution in [-0.4, -0.2) is 25.3 Å². The fourth-order valence-electron chi connectivity index (χ4n) is 4.13. The fourth-order valence-corrected chi connectivity index (χ4v) is 4.13. The maximum absolute atomic E-state index is 13.7. The number of carbonyl (C=O) groups excluding carboxylic acids is 2. The summed E-state index contributed by atoms with van der Waals surface area (Å²) in [5.41, 5.74) is 2.13. The molecule has 0 bridgehead atoms. The van der Waals surface area contributed by atoms with Gasteiger partial charge in [0.05, 0.1) is 12.6 Å². The third-order valence-corrected chi connectivity index (χ3v) is 5.56. The predicted octanol–water partition coefficient (Wildman–Crippen LogP) is 4.84. The van der Waals surface area contributed by atoms with E-state index in [1.807, 2.05) is 6.07 Å². The molecule has 1 aliphatic heterocycles. The number of nitrogens with zero attached hydrogens (tertiary/aromatic N) is 1. The highest BCUT2D eigenvalue weighted by atomic mass is 19.1.